The normalized spacial score (nSPS) is 18.3. The molecule has 0 amide bonds. The molecule has 2 N–H and O–H groups in total. The van der Waals surface area contributed by atoms with Crippen LogP contribution in [0.4, 0.5) is 0 Å². The average molecular weight is 326 g/mol. The van der Waals surface area contributed by atoms with Crippen molar-refractivity contribution in [1.29, 1.82) is 0 Å². The van der Waals surface area contributed by atoms with E-state index in [0.29, 0.717) is 33.1 Å². The monoisotopic (exact) mass is 326 g/mol. The van der Waals surface area contributed by atoms with Crippen molar-refractivity contribution in [2.75, 3.05) is 32.8 Å². The van der Waals surface area contributed by atoms with Crippen LogP contribution in [0.2, 0.25) is 0 Å². The van der Waals surface area contributed by atoms with Gasteiger partial charge in [0.2, 0.25) is 16.0 Å². The first-order chi connectivity index (χ1) is 10.5. The molecule has 0 bridgehead atoms. The summed E-state index contributed by atoms with van der Waals surface area (Å²) in [6.45, 7) is 2.74. The summed E-state index contributed by atoms with van der Waals surface area (Å²) in [5, 5.41) is 2.94. The van der Waals surface area contributed by atoms with Gasteiger partial charge in [0.25, 0.3) is 0 Å². The van der Waals surface area contributed by atoms with Crippen LogP contribution in [0.1, 0.15) is 5.56 Å². The molecule has 0 atom stereocenters. The summed E-state index contributed by atoms with van der Waals surface area (Å²) < 4.78 is 35.7. The van der Waals surface area contributed by atoms with Crippen molar-refractivity contribution in [1.82, 2.24) is 14.9 Å². The number of nitrogens with one attached hydrogen (secondary N) is 2. The Hall–Kier alpha value is -2.00. The fourth-order valence-corrected chi connectivity index (χ4v) is 2.75. The highest BCUT2D eigenvalue weighted by Gasteiger charge is 2.16. The van der Waals surface area contributed by atoms with E-state index in [1.54, 1.807) is 0 Å². The van der Waals surface area contributed by atoms with Crippen molar-refractivity contribution in [3.8, 4) is 11.5 Å². The Labute approximate surface area is 129 Å². The number of guanidine groups is 1. The van der Waals surface area contributed by atoms with Crippen molar-refractivity contribution in [3.05, 3.63) is 23.8 Å². The molecule has 120 valence electrons. The molecule has 0 fully saturated rings. The van der Waals surface area contributed by atoms with Crippen LogP contribution in [-0.2, 0) is 16.6 Å². The molecule has 2 heterocycles. The maximum atomic E-state index is 11.1. The molecule has 2 aliphatic rings. The lowest BCUT2D eigenvalue weighted by molar-refractivity contribution is 0.171. The van der Waals surface area contributed by atoms with Crippen LogP contribution in [-0.4, -0.2) is 52.1 Å². The Balaban J connectivity index is 1.61. The highest BCUT2D eigenvalue weighted by Crippen LogP contribution is 2.31. The van der Waals surface area contributed by atoms with E-state index in [9.17, 15) is 8.42 Å². The smallest absolute Gasteiger partial charge is 0.232 e. The molecule has 1 aromatic carbocycles. The van der Waals surface area contributed by atoms with Gasteiger partial charge in [0, 0.05) is 6.54 Å². The number of benzene rings is 1. The molecule has 8 nitrogen and oxygen atoms in total. The first-order valence-corrected chi connectivity index (χ1v) is 8.76. The van der Waals surface area contributed by atoms with Gasteiger partial charge in [-0.2, -0.15) is 0 Å². The van der Waals surface area contributed by atoms with Crippen LogP contribution in [0.5, 0.6) is 11.5 Å². The lowest BCUT2D eigenvalue weighted by Gasteiger charge is -2.27. The highest BCUT2D eigenvalue weighted by molar-refractivity contribution is 7.89. The molecule has 9 heteroatoms. The molecular formula is C13H18N4O4S. The molecule has 0 aromatic heterocycles. The molecule has 1 aromatic rings. The first kappa shape index (κ1) is 14.9. The highest BCUT2D eigenvalue weighted by atomic mass is 32.2. The summed E-state index contributed by atoms with van der Waals surface area (Å²) in [7, 11) is -3.30. The second-order valence-corrected chi connectivity index (χ2v) is 6.91. The molecule has 0 spiro atoms. The standard InChI is InChI=1S/C13H18N4O4S/c1-22(18,19)16-13-14-8-17(9-15-13)7-10-2-3-11-12(6-10)21-5-4-20-11/h2-3,6H,4-5,7-9H2,1H3,(H2,14,15,16). The van der Waals surface area contributed by atoms with Crippen molar-refractivity contribution in [2.24, 2.45) is 4.99 Å². The number of aliphatic imine (C=N–C) groups is 1. The van der Waals surface area contributed by atoms with Gasteiger partial charge in [0.1, 0.15) is 13.2 Å². The summed E-state index contributed by atoms with van der Waals surface area (Å²) in [4.78, 5) is 6.21. The van der Waals surface area contributed by atoms with E-state index in [0.717, 1.165) is 23.3 Å². The number of hydrogen-bond donors (Lipinski definition) is 2. The molecule has 3 rings (SSSR count). The van der Waals surface area contributed by atoms with Gasteiger partial charge >= 0.3 is 0 Å². The van der Waals surface area contributed by atoms with E-state index >= 15 is 0 Å². The van der Waals surface area contributed by atoms with E-state index in [1.807, 2.05) is 23.1 Å². The first-order valence-electron chi connectivity index (χ1n) is 6.86. The van der Waals surface area contributed by atoms with Crippen LogP contribution in [0, 0.1) is 0 Å². The zero-order valence-electron chi connectivity index (χ0n) is 12.2. The minimum atomic E-state index is -3.30. The van der Waals surface area contributed by atoms with Crippen LogP contribution in [0.15, 0.2) is 23.2 Å². The average Bonchev–Trinajstić information content (AvgIpc) is 2.48. The van der Waals surface area contributed by atoms with E-state index in [-0.39, 0.29) is 5.96 Å². The Morgan fingerprint density at radius 2 is 2.09 bits per heavy atom. The molecule has 2 aliphatic heterocycles. The molecule has 0 saturated heterocycles. The Kier molecular flexibility index (Phi) is 4.08. The van der Waals surface area contributed by atoms with Crippen molar-refractivity contribution >= 4 is 16.0 Å². The molecule has 0 radical (unpaired) electrons. The summed E-state index contributed by atoms with van der Waals surface area (Å²) in [6.07, 6.45) is 1.10. The third-order valence-electron chi connectivity index (χ3n) is 3.19. The predicted octanol–water partition coefficient (Wildman–Crippen LogP) is -0.317. The zero-order chi connectivity index (χ0) is 15.6. The molecule has 0 unspecified atom stereocenters. The summed E-state index contributed by atoms with van der Waals surface area (Å²) >= 11 is 0. The van der Waals surface area contributed by atoms with Crippen molar-refractivity contribution in [3.63, 3.8) is 0 Å². The van der Waals surface area contributed by atoms with E-state index in [1.165, 1.54) is 0 Å². The minimum Gasteiger partial charge on any atom is -0.486 e. The minimum absolute atomic E-state index is 0.279. The fraction of sp³-hybridized carbons (Fsp3) is 0.462. The van der Waals surface area contributed by atoms with E-state index in [2.05, 4.69) is 15.0 Å². The molecule has 22 heavy (non-hydrogen) atoms. The SMILES string of the molecule is CS(=O)(=O)NC1=NCN(Cc2ccc3c(c2)OCCO3)CN1. The van der Waals surface area contributed by atoms with Crippen molar-refractivity contribution in [2.45, 2.75) is 6.54 Å². The number of fused-ring (bicyclic) bond motifs is 1. The Morgan fingerprint density at radius 1 is 1.32 bits per heavy atom. The topological polar surface area (TPSA) is 92.3 Å². The third-order valence-corrected chi connectivity index (χ3v) is 3.76. The lowest BCUT2D eigenvalue weighted by atomic mass is 10.2. The van der Waals surface area contributed by atoms with Gasteiger partial charge in [-0.1, -0.05) is 6.07 Å². The van der Waals surface area contributed by atoms with Crippen LogP contribution in [0.3, 0.4) is 0 Å². The fourth-order valence-electron chi connectivity index (χ4n) is 2.26. The van der Waals surface area contributed by atoms with Crippen LogP contribution >= 0.6 is 0 Å². The Morgan fingerprint density at radius 3 is 2.77 bits per heavy atom. The maximum Gasteiger partial charge on any atom is 0.232 e. The predicted molar refractivity (Wildman–Crippen MR) is 81.3 cm³/mol. The van der Waals surface area contributed by atoms with E-state index in [4.69, 9.17) is 9.47 Å². The quantitative estimate of drug-likeness (QED) is 0.791. The largest absolute Gasteiger partial charge is 0.486 e. The summed E-state index contributed by atoms with van der Waals surface area (Å²) in [6, 6.07) is 5.85. The van der Waals surface area contributed by atoms with Crippen LogP contribution in [0.25, 0.3) is 0 Å². The van der Waals surface area contributed by atoms with Gasteiger partial charge in [0.15, 0.2) is 11.5 Å². The Bertz CT molecular complexity index is 689. The van der Waals surface area contributed by atoms with Gasteiger partial charge in [0.05, 0.1) is 19.6 Å². The van der Waals surface area contributed by atoms with Gasteiger partial charge in [-0.25, -0.2) is 13.4 Å². The summed E-state index contributed by atoms with van der Waals surface area (Å²) in [5.74, 6) is 1.81. The third kappa shape index (κ3) is 3.80. The van der Waals surface area contributed by atoms with Gasteiger partial charge in [-0.15, -0.1) is 0 Å². The summed E-state index contributed by atoms with van der Waals surface area (Å²) in [5.41, 5.74) is 1.08. The van der Waals surface area contributed by atoms with E-state index < -0.39 is 10.0 Å². The maximum absolute atomic E-state index is 11.1. The van der Waals surface area contributed by atoms with Crippen LogP contribution < -0.4 is 19.5 Å². The van der Waals surface area contributed by atoms with Gasteiger partial charge in [-0.05, 0) is 17.7 Å². The second-order valence-electron chi connectivity index (χ2n) is 5.16. The second kappa shape index (κ2) is 6.01. The number of sulfonamides is 1. The molecular weight excluding hydrogens is 308 g/mol. The number of ether oxygens (including phenoxy) is 2. The number of rotatable bonds is 3. The van der Waals surface area contributed by atoms with Crippen molar-refractivity contribution < 1.29 is 17.9 Å². The van der Waals surface area contributed by atoms with Gasteiger partial charge < -0.3 is 14.8 Å². The number of nitrogens with zero attached hydrogens (tertiary/aromatic N) is 2. The zero-order valence-corrected chi connectivity index (χ0v) is 13.0. The lowest BCUT2D eigenvalue weighted by Crippen LogP contribution is -2.49. The number of hydrogen-bond acceptors (Lipinski definition) is 7. The van der Waals surface area contributed by atoms with Gasteiger partial charge in [-0.3, -0.25) is 9.62 Å². The molecule has 0 aliphatic carbocycles. The molecule has 0 saturated carbocycles.